The molecule has 0 aromatic rings. The molecular weight excluding hydrogens is 242 g/mol. The lowest BCUT2D eigenvalue weighted by Gasteiger charge is -2.28. The monoisotopic (exact) mass is 263 g/mol. The Morgan fingerprint density at radius 3 is 2.71 bits per heavy atom. The third-order valence-electron chi connectivity index (χ3n) is 2.84. The van der Waals surface area contributed by atoms with Gasteiger partial charge in [-0.05, 0) is 25.3 Å². The number of hydrogen-bond acceptors (Lipinski definition) is 4. The maximum absolute atomic E-state index is 11.8. The van der Waals surface area contributed by atoms with E-state index in [0.29, 0.717) is 12.5 Å². The quantitative estimate of drug-likeness (QED) is 0.558. The van der Waals surface area contributed by atoms with Crippen LogP contribution < -0.4 is 15.4 Å². The molecule has 0 radical (unpaired) electrons. The molecule has 0 spiro atoms. The Kier molecular flexibility index (Phi) is 5.35. The second-order valence-corrected chi connectivity index (χ2v) is 6.34. The lowest BCUT2D eigenvalue weighted by atomic mass is 9.92. The molecule has 100 valence electrons. The Morgan fingerprint density at radius 1 is 1.41 bits per heavy atom. The van der Waals surface area contributed by atoms with Crippen LogP contribution in [-0.2, 0) is 14.8 Å². The van der Waals surface area contributed by atoms with E-state index in [2.05, 4.69) is 15.4 Å². The zero-order valence-electron chi connectivity index (χ0n) is 10.3. The molecule has 0 aliphatic carbocycles. The minimum atomic E-state index is -3.17. The van der Waals surface area contributed by atoms with E-state index in [1.807, 2.05) is 6.92 Å². The molecule has 1 saturated heterocycles. The highest BCUT2D eigenvalue weighted by Gasteiger charge is 2.26. The number of rotatable bonds is 5. The zero-order valence-corrected chi connectivity index (χ0v) is 11.1. The Labute approximate surface area is 103 Å². The highest BCUT2D eigenvalue weighted by atomic mass is 32.2. The first-order valence-electron chi connectivity index (χ1n) is 5.86. The number of nitrogens with one attached hydrogen (secondary N) is 3. The van der Waals surface area contributed by atoms with Gasteiger partial charge < -0.3 is 10.6 Å². The second-order valence-electron chi connectivity index (χ2n) is 4.51. The standard InChI is InChI=1S/C10H21N3O3S/c1-8-4-3-5-11-9(8)10(14)12-6-7-13-17(2,15)16/h8-9,11,13H,3-7H2,1-2H3,(H,12,14). The number of hydrogen-bond donors (Lipinski definition) is 3. The first-order chi connectivity index (χ1) is 7.90. The SMILES string of the molecule is CC1CCCNC1C(=O)NCCNS(C)(=O)=O. The highest BCUT2D eigenvalue weighted by molar-refractivity contribution is 7.88. The van der Waals surface area contributed by atoms with Crippen molar-refractivity contribution in [1.82, 2.24) is 15.4 Å². The van der Waals surface area contributed by atoms with Crippen molar-refractivity contribution in [2.24, 2.45) is 5.92 Å². The number of carbonyl (C=O) groups excluding carboxylic acids is 1. The number of piperidine rings is 1. The largest absolute Gasteiger partial charge is 0.353 e. The van der Waals surface area contributed by atoms with Crippen LogP contribution >= 0.6 is 0 Å². The number of amides is 1. The van der Waals surface area contributed by atoms with E-state index in [1.54, 1.807) is 0 Å². The Balaban J connectivity index is 2.24. The number of sulfonamides is 1. The smallest absolute Gasteiger partial charge is 0.237 e. The number of carbonyl (C=O) groups is 1. The Bertz CT molecular complexity index is 356. The van der Waals surface area contributed by atoms with Crippen LogP contribution in [0.25, 0.3) is 0 Å². The van der Waals surface area contributed by atoms with Gasteiger partial charge in [0.25, 0.3) is 0 Å². The van der Waals surface area contributed by atoms with Crippen LogP contribution in [0.1, 0.15) is 19.8 Å². The second kappa shape index (κ2) is 6.32. The summed E-state index contributed by atoms with van der Waals surface area (Å²) in [4.78, 5) is 11.8. The van der Waals surface area contributed by atoms with Crippen molar-refractivity contribution in [3.05, 3.63) is 0 Å². The molecule has 17 heavy (non-hydrogen) atoms. The summed E-state index contributed by atoms with van der Waals surface area (Å²) in [6.07, 6.45) is 3.24. The molecule has 0 aromatic heterocycles. The topological polar surface area (TPSA) is 87.3 Å². The molecule has 3 N–H and O–H groups in total. The van der Waals surface area contributed by atoms with E-state index in [0.717, 1.165) is 25.6 Å². The van der Waals surface area contributed by atoms with Crippen LogP contribution in [0.4, 0.5) is 0 Å². The van der Waals surface area contributed by atoms with E-state index in [-0.39, 0.29) is 18.5 Å². The van der Waals surface area contributed by atoms with E-state index >= 15 is 0 Å². The molecule has 1 aliphatic heterocycles. The van der Waals surface area contributed by atoms with Crippen molar-refractivity contribution in [2.45, 2.75) is 25.8 Å². The van der Waals surface area contributed by atoms with Gasteiger partial charge in [-0.1, -0.05) is 6.92 Å². The van der Waals surface area contributed by atoms with Crippen molar-refractivity contribution in [1.29, 1.82) is 0 Å². The van der Waals surface area contributed by atoms with Crippen LogP contribution in [0.15, 0.2) is 0 Å². The molecule has 1 rings (SSSR count). The van der Waals surface area contributed by atoms with Gasteiger partial charge in [0.2, 0.25) is 15.9 Å². The normalized spacial score (nSPS) is 25.5. The molecule has 2 atom stereocenters. The van der Waals surface area contributed by atoms with Gasteiger partial charge in [-0.15, -0.1) is 0 Å². The van der Waals surface area contributed by atoms with Crippen LogP contribution in [0.5, 0.6) is 0 Å². The summed E-state index contributed by atoms with van der Waals surface area (Å²) in [6, 6.07) is -0.151. The summed E-state index contributed by atoms with van der Waals surface area (Å²) in [7, 11) is -3.17. The molecule has 1 aliphatic rings. The van der Waals surface area contributed by atoms with Crippen LogP contribution in [0.3, 0.4) is 0 Å². The minimum absolute atomic E-state index is 0.0486. The third kappa shape index (κ3) is 5.47. The highest BCUT2D eigenvalue weighted by Crippen LogP contribution is 2.15. The average Bonchev–Trinajstić information content (AvgIpc) is 2.23. The van der Waals surface area contributed by atoms with Gasteiger partial charge in [0.15, 0.2) is 0 Å². The zero-order chi connectivity index (χ0) is 12.9. The lowest BCUT2D eigenvalue weighted by molar-refractivity contribution is -0.124. The van der Waals surface area contributed by atoms with Gasteiger partial charge in [0.1, 0.15) is 0 Å². The molecule has 2 unspecified atom stereocenters. The predicted octanol–water partition coefficient (Wildman–Crippen LogP) is -0.960. The van der Waals surface area contributed by atoms with Crippen LogP contribution in [-0.4, -0.2) is 46.3 Å². The Hall–Kier alpha value is -0.660. The summed E-state index contributed by atoms with van der Waals surface area (Å²) in [5, 5.41) is 5.90. The van der Waals surface area contributed by atoms with Crippen molar-refractivity contribution >= 4 is 15.9 Å². The molecule has 0 aromatic carbocycles. The van der Waals surface area contributed by atoms with Gasteiger partial charge in [0.05, 0.1) is 12.3 Å². The molecule has 1 heterocycles. The maximum Gasteiger partial charge on any atom is 0.237 e. The minimum Gasteiger partial charge on any atom is -0.353 e. The van der Waals surface area contributed by atoms with E-state index < -0.39 is 10.0 Å². The van der Waals surface area contributed by atoms with Gasteiger partial charge in [-0.25, -0.2) is 13.1 Å². The predicted molar refractivity (Wildman–Crippen MR) is 66.0 cm³/mol. The lowest BCUT2D eigenvalue weighted by Crippen LogP contribution is -2.51. The van der Waals surface area contributed by atoms with E-state index in [4.69, 9.17) is 0 Å². The van der Waals surface area contributed by atoms with Gasteiger partial charge >= 0.3 is 0 Å². The van der Waals surface area contributed by atoms with Crippen molar-refractivity contribution < 1.29 is 13.2 Å². The summed E-state index contributed by atoms with van der Waals surface area (Å²) in [6.45, 7) is 3.46. The van der Waals surface area contributed by atoms with Crippen LogP contribution in [0.2, 0.25) is 0 Å². The third-order valence-corrected chi connectivity index (χ3v) is 3.57. The fourth-order valence-electron chi connectivity index (χ4n) is 1.93. The molecular formula is C10H21N3O3S. The van der Waals surface area contributed by atoms with E-state index in [1.165, 1.54) is 0 Å². The van der Waals surface area contributed by atoms with E-state index in [9.17, 15) is 13.2 Å². The fourth-order valence-corrected chi connectivity index (χ4v) is 2.41. The first kappa shape index (κ1) is 14.4. The summed E-state index contributed by atoms with van der Waals surface area (Å²) < 4.78 is 23.9. The van der Waals surface area contributed by atoms with Crippen molar-refractivity contribution in [3.63, 3.8) is 0 Å². The molecule has 0 saturated carbocycles. The maximum atomic E-state index is 11.8. The van der Waals surface area contributed by atoms with Gasteiger partial charge in [0, 0.05) is 13.1 Å². The fraction of sp³-hybridized carbons (Fsp3) is 0.900. The first-order valence-corrected chi connectivity index (χ1v) is 7.75. The van der Waals surface area contributed by atoms with Crippen molar-refractivity contribution in [2.75, 3.05) is 25.9 Å². The van der Waals surface area contributed by atoms with Crippen molar-refractivity contribution in [3.8, 4) is 0 Å². The molecule has 7 heteroatoms. The summed E-state index contributed by atoms with van der Waals surface area (Å²) in [5.74, 6) is 0.277. The van der Waals surface area contributed by atoms with Gasteiger partial charge in [-0.3, -0.25) is 4.79 Å². The molecule has 1 amide bonds. The summed E-state index contributed by atoms with van der Waals surface area (Å²) in [5.41, 5.74) is 0. The van der Waals surface area contributed by atoms with Gasteiger partial charge in [-0.2, -0.15) is 0 Å². The van der Waals surface area contributed by atoms with Crippen LogP contribution in [0, 0.1) is 5.92 Å². The summed E-state index contributed by atoms with van der Waals surface area (Å²) >= 11 is 0. The Morgan fingerprint density at radius 2 is 2.12 bits per heavy atom. The molecule has 0 bridgehead atoms. The average molecular weight is 263 g/mol. The molecule has 6 nitrogen and oxygen atoms in total. The molecule has 1 fully saturated rings.